The molecule has 0 heterocycles. The highest BCUT2D eigenvalue weighted by Crippen LogP contribution is 2.28. The largest absolute Gasteiger partial charge is 0.480 e. The van der Waals surface area contributed by atoms with Crippen LogP contribution in [-0.2, 0) is 4.79 Å². The molecule has 0 aliphatic heterocycles. The molecule has 0 radical (unpaired) electrons. The number of carbonyl (C=O) groups is 2. The summed E-state index contributed by atoms with van der Waals surface area (Å²) < 4.78 is 0. The summed E-state index contributed by atoms with van der Waals surface area (Å²) in [6, 6.07) is 1.10. The first-order chi connectivity index (χ1) is 8.73. The Morgan fingerprint density at radius 3 is 2.16 bits per heavy atom. The van der Waals surface area contributed by atoms with Crippen molar-refractivity contribution in [1.82, 2.24) is 5.32 Å². The molecule has 8 heteroatoms. The second-order valence-corrected chi connectivity index (χ2v) is 4.70. The third-order valence-corrected chi connectivity index (χ3v) is 3.00. The van der Waals surface area contributed by atoms with Crippen LogP contribution in [0.2, 0.25) is 10.0 Å². The number of hydrogen-bond acceptors (Lipinski definition) is 4. The molecule has 1 aromatic carbocycles. The third kappa shape index (κ3) is 3.73. The van der Waals surface area contributed by atoms with Crippen molar-refractivity contribution in [1.29, 1.82) is 0 Å². The van der Waals surface area contributed by atoms with Crippen LogP contribution in [0.15, 0.2) is 12.1 Å². The van der Waals surface area contributed by atoms with Crippen LogP contribution < -0.4 is 11.1 Å². The Morgan fingerprint density at radius 2 is 1.79 bits per heavy atom. The zero-order valence-electron chi connectivity index (χ0n) is 9.85. The monoisotopic (exact) mass is 306 g/mol. The van der Waals surface area contributed by atoms with Gasteiger partial charge >= 0.3 is 5.97 Å². The molecule has 0 saturated heterocycles. The van der Waals surface area contributed by atoms with E-state index in [9.17, 15) is 14.7 Å². The maximum absolute atomic E-state index is 11.8. The van der Waals surface area contributed by atoms with E-state index in [-0.39, 0.29) is 21.3 Å². The first-order valence-corrected chi connectivity index (χ1v) is 5.96. The summed E-state index contributed by atoms with van der Waals surface area (Å²) in [5.74, 6) is -2.08. The van der Waals surface area contributed by atoms with E-state index >= 15 is 0 Å². The Morgan fingerprint density at radius 1 is 1.32 bits per heavy atom. The van der Waals surface area contributed by atoms with Gasteiger partial charge in [-0.25, -0.2) is 4.79 Å². The van der Waals surface area contributed by atoms with E-state index < -0.39 is 24.0 Å². The number of aliphatic hydroxyl groups is 1. The van der Waals surface area contributed by atoms with E-state index in [4.69, 9.17) is 34.0 Å². The molecule has 0 aromatic heterocycles. The quantitative estimate of drug-likeness (QED) is 0.623. The fourth-order valence-electron chi connectivity index (χ4n) is 1.33. The van der Waals surface area contributed by atoms with E-state index in [1.54, 1.807) is 0 Å². The van der Waals surface area contributed by atoms with Crippen molar-refractivity contribution in [3.05, 3.63) is 27.7 Å². The van der Waals surface area contributed by atoms with Gasteiger partial charge in [-0.3, -0.25) is 4.79 Å². The summed E-state index contributed by atoms with van der Waals surface area (Å²) in [6.07, 6.45) is -1.25. The van der Waals surface area contributed by atoms with E-state index in [1.807, 2.05) is 0 Å². The van der Waals surface area contributed by atoms with Crippen LogP contribution in [-0.4, -0.2) is 34.2 Å². The van der Waals surface area contributed by atoms with E-state index in [0.717, 1.165) is 0 Å². The number of carbonyl (C=O) groups excluding carboxylic acids is 1. The molecule has 0 aliphatic rings. The second kappa shape index (κ2) is 6.10. The Hall–Kier alpha value is -1.50. The van der Waals surface area contributed by atoms with Crippen molar-refractivity contribution in [2.24, 2.45) is 0 Å². The van der Waals surface area contributed by atoms with Crippen molar-refractivity contribution in [2.75, 3.05) is 5.73 Å². The van der Waals surface area contributed by atoms with Gasteiger partial charge in [0.05, 0.1) is 21.8 Å². The normalized spacial score (nSPS) is 13.7. The van der Waals surface area contributed by atoms with Crippen LogP contribution in [0, 0.1) is 0 Å². The molecule has 1 amide bonds. The second-order valence-electron chi connectivity index (χ2n) is 3.88. The number of nitrogen functional groups attached to an aromatic ring is 1. The molecule has 1 rings (SSSR count). The van der Waals surface area contributed by atoms with Gasteiger partial charge < -0.3 is 21.3 Å². The molecule has 5 N–H and O–H groups in total. The number of anilines is 1. The van der Waals surface area contributed by atoms with Gasteiger partial charge in [0.25, 0.3) is 5.91 Å². The summed E-state index contributed by atoms with van der Waals surface area (Å²) in [7, 11) is 0. The van der Waals surface area contributed by atoms with Crippen molar-refractivity contribution < 1.29 is 19.8 Å². The van der Waals surface area contributed by atoms with Crippen molar-refractivity contribution >= 4 is 40.8 Å². The lowest BCUT2D eigenvalue weighted by atomic mass is 10.1. The zero-order valence-corrected chi connectivity index (χ0v) is 11.4. The molecule has 1 aromatic rings. The van der Waals surface area contributed by atoms with Crippen LogP contribution in [0.4, 0.5) is 5.69 Å². The summed E-state index contributed by atoms with van der Waals surface area (Å²) >= 11 is 11.5. The molecule has 6 nitrogen and oxygen atoms in total. The smallest absolute Gasteiger partial charge is 0.328 e. The first kappa shape index (κ1) is 15.6. The standard InChI is InChI=1S/C11H12Cl2N2O4/c1-4(16)9(11(18)19)15-10(17)5-2-6(12)8(14)7(13)3-5/h2-4,9,16H,14H2,1H3,(H,15,17)(H,18,19)/t4-,9+/m1/s1. The maximum atomic E-state index is 11.8. The Kier molecular flexibility index (Phi) is 4.99. The van der Waals surface area contributed by atoms with Crippen LogP contribution in [0.5, 0.6) is 0 Å². The van der Waals surface area contributed by atoms with Crippen molar-refractivity contribution in [3.8, 4) is 0 Å². The number of hydrogen-bond donors (Lipinski definition) is 4. The lowest BCUT2D eigenvalue weighted by Crippen LogP contribution is -2.47. The van der Waals surface area contributed by atoms with Gasteiger partial charge in [0, 0.05) is 5.56 Å². The molecule has 0 saturated carbocycles. The number of benzene rings is 1. The fraction of sp³-hybridized carbons (Fsp3) is 0.273. The van der Waals surface area contributed by atoms with E-state index in [2.05, 4.69) is 5.32 Å². The average Bonchev–Trinajstić information content (AvgIpc) is 2.31. The molecule has 0 spiro atoms. The van der Waals surface area contributed by atoms with Crippen LogP contribution in [0.3, 0.4) is 0 Å². The Labute approximate surface area is 119 Å². The van der Waals surface area contributed by atoms with Crippen LogP contribution in [0.25, 0.3) is 0 Å². The lowest BCUT2D eigenvalue weighted by Gasteiger charge is -2.17. The molecule has 104 valence electrons. The molecular formula is C11H12Cl2N2O4. The minimum absolute atomic E-state index is 0.0519. The van der Waals surface area contributed by atoms with Crippen LogP contribution in [0.1, 0.15) is 17.3 Å². The molecule has 19 heavy (non-hydrogen) atoms. The number of aliphatic hydroxyl groups excluding tert-OH is 1. The topological polar surface area (TPSA) is 113 Å². The van der Waals surface area contributed by atoms with Gasteiger partial charge in [-0.15, -0.1) is 0 Å². The molecule has 0 aliphatic carbocycles. The van der Waals surface area contributed by atoms with Crippen LogP contribution >= 0.6 is 23.2 Å². The molecule has 0 fully saturated rings. The maximum Gasteiger partial charge on any atom is 0.328 e. The SMILES string of the molecule is C[C@@H](O)[C@H](NC(=O)c1cc(Cl)c(N)c(Cl)c1)C(=O)O. The van der Waals surface area contributed by atoms with Gasteiger partial charge in [-0.05, 0) is 19.1 Å². The minimum Gasteiger partial charge on any atom is -0.480 e. The zero-order chi connectivity index (χ0) is 14.7. The number of rotatable bonds is 4. The highest BCUT2D eigenvalue weighted by atomic mass is 35.5. The average molecular weight is 307 g/mol. The van der Waals surface area contributed by atoms with Gasteiger partial charge in [-0.1, -0.05) is 23.2 Å². The number of carboxylic acid groups (broad SMARTS) is 1. The summed E-state index contributed by atoms with van der Waals surface area (Å²) in [6.45, 7) is 1.25. The van der Waals surface area contributed by atoms with Crippen molar-refractivity contribution in [2.45, 2.75) is 19.1 Å². The molecular weight excluding hydrogens is 295 g/mol. The predicted octanol–water partition coefficient (Wildman–Crippen LogP) is 1.14. The van der Waals surface area contributed by atoms with E-state index in [1.165, 1.54) is 19.1 Å². The van der Waals surface area contributed by atoms with Gasteiger partial charge in [0.1, 0.15) is 0 Å². The summed E-state index contributed by atoms with van der Waals surface area (Å²) in [4.78, 5) is 22.7. The number of aliphatic carboxylic acids is 1. The molecule has 0 unspecified atom stereocenters. The van der Waals surface area contributed by atoms with Gasteiger partial charge in [-0.2, -0.15) is 0 Å². The summed E-state index contributed by atoms with van der Waals surface area (Å²) in [5, 5.41) is 20.4. The third-order valence-electron chi connectivity index (χ3n) is 2.38. The summed E-state index contributed by atoms with van der Waals surface area (Å²) in [5.41, 5.74) is 5.70. The number of amides is 1. The highest BCUT2D eigenvalue weighted by molar-refractivity contribution is 6.39. The number of halogens is 2. The Bertz CT molecular complexity index is 496. The molecule has 0 bridgehead atoms. The van der Waals surface area contributed by atoms with E-state index in [0.29, 0.717) is 0 Å². The highest BCUT2D eigenvalue weighted by Gasteiger charge is 2.25. The number of nitrogens with one attached hydrogen (secondary N) is 1. The number of carboxylic acids is 1. The fourth-order valence-corrected chi connectivity index (χ4v) is 1.82. The first-order valence-electron chi connectivity index (χ1n) is 5.20. The molecule has 2 atom stereocenters. The van der Waals surface area contributed by atoms with Gasteiger partial charge in [0.2, 0.25) is 0 Å². The van der Waals surface area contributed by atoms with Gasteiger partial charge in [0.15, 0.2) is 6.04 Å². The predicted molar refractivity (Wildman–Crippen MR) is 71.4 cm³/mol. The minimum atomic E-state index is -1.43. The Balaban J connectivity index is 2.98. The number of nitrogens with two attached hydrogens (primary N) is 1. The lowest BCUT2D eigenvalue weighted by molar-refractivity contribution is -0.141. The van der Waals surface area contributed by atoms with Crippen molar-refractivity contribution in [3.63, 3.8) is 0 Å².